The fourth-order valence-electron chi connectivity index (χ4n) is 2.74. The maximum Gasteiger partial charge on any atom is 0.201 e. The highest BCUT2D eigenvalue weighted by Crippen LogP contribution is 2.29. The molecule has 2 N–H and O–H groups in total. The zero-order chi connectivity index (χ0) is 15.5. The highest BCUT2D eigenvalue weighted by atomic mass is 15.2. The van der Waals surface area contributed by atoms with Gasteiger partial charge in [-0.25, -0.2) is 4.98 Å². The molecule has 0 spiro atoms. The van der Waals surface area contributed by atoms with Crippen LogP contribution in [0.1, 0.15) is 52.0 Å². The number of nitrogens with zero attached hydrogens (tertiary/aromatic N) is 3. The SMILES string of the molecule is CCCCCC(C)(C)Cn1c(N)nc2ccc(C#N)cc21. The van der Waals surface area contributed by atoms with E-state index in [4.69, 9.17) is 11.0 Å². The van der Waals surface area contributed by atoms with Gasteiger partial charge in [0.15, 0.2) is 0 Å². The van der Waals surface area contributed by atoms with Crippen LogP contribution in [0.5, 0.6) is 0 Å². The molecule has 2 aromatic rings. The average molecular weight is 284 g/mol. The maximum atomic E-state index is 9.06. The molecule has 1 aromatic heterocycles. The van der Waals surface area contributed by atoms with Gasteiger partial charge in [0.05, 0.1) is 22.7 Å². The average Bonchev–Trinajstić information content (AvgIpc) is 2.74. The molecule has 0 bridgehead atoms. The highest BCUT2D eigenvalue weighted by molar-refractivity contribution is 5.79. The number of fused-ring (bicyclic) bond motifs is 1. The summed E-state index contributed by atoms with van der Waals surface area (Å²) in [7, 11) is 0. The van der Waals surface area contributed by atoms with Gasteiger partial charge in [-0.05, 0) is 30.0 Å². The van der Waals surface area contributed by atoms with Crippen molar-refractivity contribution < 1.29 is 0 Å². The van der Waals surface area contributed by atoms with Crippen molar-refractivity contribution in [2.45, 2.75) is 53.0 Å². The van der Waals surface area contributed by atoms with Crippen LogP contribution in [-0.4, -0.2) is 9.55 Å². The van der Waals surface area contributed by atoms with E-state index >= 15 is 0 Å². The summed E-state index contributed by atoms with van der Waals surface area (Å²) in [4.78, 5) is 4.40. The minimum Gasteiger partial charge on any atom is -0.369 e. The Balaban J connectivity index is 2.28. The van der Waals surface area contributed by atoms with Crippen LogP contribution in [0.4, 0.5) is 5.95 Å². The van der Waals surface area contributed by atoms with Gasteiger partial charge in [0, 0.05) is 6.54 Å². The number of aromatic nitrogens is 2. The Morgan fingerprint density at radius 2 is 2.10 bits per heavy atom. The van der Waals surface area contributed by atoms with Crippen LogP contribution in [-0.2, 0) is 6.54 Å². The van der Waals surface area contributed by atoms with Crippen LogP contribution in [0.3, 0.4) is 0 Å². The number of rotatable bonds is 6. The number of benzene rings is 1. The van der Waals surface area contributed by atoms with Crippen molar-refractivity contribution >= 4 is 17.0 Å². The van der Waals surface area contributed by atoms with Gasteiger partial charge in [0.2, 0.25) is 5.95 Å². The van der Waals surface area contributed by atoms with E-state index in [1.807, 2.05) is 16.7 Å². The second-order valence-electron chi connectivity index (χ2n) is 6.49. The molecule has 0 saturated carbocycles. The Kier molecular flexibility index (Phi) is 4.52. The van der Waals surface area contributed by atoms with Crippen LogP contribution in [0.15, 0.2) is 18.2 Å². The number of anilines is 1. The number of unbranched alkanes of at least 4 members (excludes halogenated alkanes) is 2. The fourth-order valence-corrected chi connectivity index (χ4v) is 2.74. The van der Waals surface area contributed by atoms with Crippen LogP contribution in [0.2, 0.25) is 0 Å². The van der Waals surface area contributed by atoms with Gasteiger partial charge in [0.25, 0.3) is 0 Å². The van der Waals surface area contributed by atoms with Crippen molar-refractivity contribution in [3.05, 3.63) is 23.8 Å². The first-order chi connectivity index (χ1) is 9.96. The van der Waals surface area contributed by atoms with Crippen LogP contribution >= 0.6 is 0 Å². The van der Waals surface area contributed by atoms with Crippen molar-refractivity contribution in [2.75, 3.05) is 5.73 Å². The van der Waals surface area contributed by atoms with Crippen LogP contribution in [0.25, 0.3) is 11.0 Å². The molecule has 0 saturated heterocycles. The van der Waals surface area contributed by atoms with Gasteiger partial charge in [-0.1, -0.05) is 40.0 Å². The van der Waals surface area contributed by atoms with Gasteiger partial charge in [-0.15, -0.1) is 0 Å². The Bertz CT molecular complexity index is 661. The molecule has 112 valence electrons. The molecule has 0 fully saturated rings. The summed E-state index contributed by atoms with van der Waals surface area (Å²) in [6.45, 7) is 7.58. The predicted octanol–water partition coefficient (Wildman–Crippen LogP) is 4.10. The second kappa shape index (κ2) is 6.17. The molecular formula is C17H24N4. The summed E-state index contributed by atoms with van der Waals surface area (Å²) in [5.41, 5.74) is 8.70. The molecule has 0 amide bonds. The molecule has 0 aliphatic heterocycles. The summed E-state index contributed by atoms with van der Waals surface area (Å²) in [5.74, 6) is 0.531. The molecule has 2 rings (SSSR count). The van der Waals surface area contributed by atoms with Crippen LogP contribution in [0, 0.1) is 16.7 Å². The third-order valence-electron chi connectivity index (χ3n) is 3.95. The van der Waals surface area contributed by atoms with E-state index in [2.05, 4.69) is 31.8 Å². The normalized spacial score (nSPS) is 11.7. The second-order valence-corrected chi connectivity index (χ2v) is 6.49. The Morgan fingerprint density at radius 3 is 2.76 bits per heavy atom. The van der Waals surface area contributed by atoms with E-state index < -0.39 is 0 Å². The lowest BCUT2D eigenvalue weighted by Crippen LogP contribution is -2.21. The third-order valence-corrected chi connectivity index (χ3v) is 3.95. The number of hydrogen-bond donors (Lipinski definition) is 1. The number of nitrogen functional groups attached to an aromatic ring is 1. The predicted molar refractivity (Wildman–Crippen MR) is 86.8 cm³/mol. The van der Waals surface area contributed by atoms with Crippen molar-refractivity contribution in [3.8, 4) is 6.07 Å². The highest BCUT2D eigenvalue weighted by Gasteiger charge is 2.21. The third kappa shape index (κ3) is 3.55. The summed E-state index contributed by atoms with van der Waals surface area (Å²) < 4.78 is 2.04. The number of hydrogen-bond acceptors (Lipinski definition) is 3. The minimum absolute atomic E-state index is 0.166. The molecule has 0 radical (unpaired) electrons. The zero-order valence-corrected chi connectivity index (χ0v) is 13.2. The Morgan fingerprint density at radius 1 is 1.33 bits per heavy atom. The van der Waals surface area contributed by atoms with E-state index in [-0.39, 0.29) is 5.41 Å². The van der Waals surface area contributed by atoms with Gasteiger partial charge < -0.3 is 10.3 Å². The first-order valence-electron chi connectivity index (χ1n) is 7.63. The molecule has 21 heavy (non-hydrogen) atoms. The van der Waals surface area contributed by atoms with Crippen LogP contribution < -0.4 is 5.73 Å². The van der Waals surface area contributed by atoms with E-state index in [1.165, 1.54) is 19.3 Å². The van der Waals surface area contributed by atoms with E-state index in [0.717, 1.165) is 24.0 Å². The van der Waals surface area contributed by atoms with Crippen molar-refractivity contribution in [2.24, 2.45) is 5.41 Å². The van der Waals surface area contributed by atoms with Crippen molar-refractivity contribution in [3.63, 3.8) is 0 Å². The van der Waals surface area contributed by atoms with Crippen molar-refractivity contribution in [1.82, 2.24) is 9.55 Å². The molecular weight excluding hydrogens is 260 g/mol. The molecule has 0 unspecified atom stereocenters. The van der Waals surface area contributed by atoms with E-state index in [1.54, 1.807) is 6.07 Å². The molecule has 0 aliphatic carbocycles. The summed E-state index contributed by atoms with van der Waals surface area (Å²) >= 11 is 0. The summed E-state index contributed by atoms with van der Waals surface area (Å²) in [5, 5.41) is 9.06. The van der Waals surface area contributed by atoms with Gasteiger partial charge in [-0.2, -0.15) is 5.26 Å². The zero-order valence-electron chi connectivity index (χ0n) is 13.2. The largest absolute Gasteiger partial charge is 0.369 e. The monoisotopic (exact) mass is 284 g/mol. The number of nitriles is 1. The molecule has 0 aliphatic rings. The lowest BCUT2D eigenvalue weighted by atomic mass is 9.86. The van der Waals surface area contributed by atoms with Gasteiger partial charge >= 0.3 is 0 Å². The van der Waals surface area contributed by atoms with E-state index in [0.29, 0.717) is 11.5 Å². The first kappa shape index (κ1) is 15.4. The maximum absolute atomic E-state index is 9.06. The number of imidazole rings is 1. The smallest absolute Gasteiger partial charge is 0.201 e. The molecule has 0 atom stereocenters. The standard InChI is InChI=1S/C17H24N4/c1-4-5-6-9-17(2,3)12-21-15-10-13(11-18)7-8-14(15)20-16(21)19/h7-8,10H,4-6,9,12H2,1-3H3,(H2,19,20). The van der Waals surface area contributed by atoms with Crippen molar-refractivity contribution in [1.29, 1.82) is 5.26 Å². The minimum atomic E-state index is 0.166. The van der Waals surface area contributed by atoms with Gasteiger partial charge in [0.1, 0.15) is 0 Å². The Hall–Kier alpha value is -2.02. The lowest BCUT2D eigenvalue weighted by Gasteiger charge is -2.26. The van der Waals surface area contributed by atoms with Gasteiger partial charge in [-0.3, -0.25) is 0 Å². The molecule has 4 nitrogen and oxygen atoms in total. The lowest BCUT2D eigenvalue weighted by molar-refractivity contribution is 0.276. The topological polar surface area (TPSA) is 67.6 Å². The molecule has 1 aromatic carbocycles. The fraction of sp³-hybridized carbons (Fsp3) is 0.529. The quantitative estimate of drug-likeness (QED) is 0.812. The molecule has 4 heteroatoms. The first-order valence-corrected chi connectivity index (χ1v) is 7.63. The Labute approximate surface area is 126 Å². The summed E-state index contributed by atoms with van der Waals surface area (Å²) in [6, 6.07) is 7.70. The molecule has 1 heterocycles. The number of nitrogens with two attached hydrogens (primary N) is 1. The van der Waals surface area contributed by atoms with E-state index in [9.17, 15) is 0 Å². The summed E-state index contributed by atoms with van der Waals surface area (Å²) in [6.07, 6.45) is 4.90.